The first kappa shape index (κ1) is 12.0. The summed E-state index contributed by atoms with van der Waals surface area (Å²) in [6, 6.07) is -0.266. The van der Waals surface area contributed by atoms with Gasteiger partial charge in [-0.05, 0) is 20.8 Å². The Morgan fingerprint density at radius 3 is 2.67 bits per heavy atom. The van der Waals surface area contributed by atoms with Crippen LogP contribution in [-0.4, -0.2) is 37.2 Å². The Morgan fingerprint density at radius 2 is 2.13 bits per heavy atom. The van der Waals surface area contributed by atoms with Crippen molar-refractivity contribution in [3.8, 4) is 0 Å². The first-order valence-corrected chi connectivity index (χ1v) is 4.95. The van der Waals surface area contributed by atoms with Crippen molar-refractivity contribution >= 4 is 12.4 Å². The van der Waals surface area contributed by atoms with Crippen molar-refractivity contribution in [2.24, 2.45) is 5.92 Å². The highest BCUT2D eigenvalue weighted by Crippen LogP contribution is 2.12. The second-order valence-corrected chi connectivity index (χ2v) is 4.59. The molecule has 0 saturated carbocycles. The van der Waals surface area contributed by atoms with Crippen LogP contribution in [0.5, 0.6) is 0 Å². The summed E-state index contributed by atoms with van der Waals surface area (Å²) in [6.07, 6.45) is 0.291. The molecule has 86 valence electrons. The van der Waals surface area contributed by atoms with Gasteiger partial charge < -0.3 is 19.6 Å². The highest BCUT2D eigenvalue weighted by molar-refractivity contribution is 5.69. The van der Waals surface area contributed by atoms with Crippen LogP contribution in [0.25, 0.3) is 0 Å². The molecule has 1 rings (SSSR count). The molecule has 5 nitrogen and oxygen atoms in total. The number of carbonyl (C=O) groups is 2. The van der Waals surface area contributed by atoms with Gasteiger partial charge in [0.05, 0.1) is 25.2 Å². The molecule has 1 amide bonds. The first-order chi connectivity index (χ1) is 6.92. The van der Waals surface area contributed by atoms with Gasteiger partial charge in [0.1, 0.15) is 11.9 Å². The van der Waals surface area contributed by atoms with Crippen LogP contribution in [0.1, 0.15) is 20.8 Å². The highest BCUT2D eigenvalue weighted by Gasteiger charge is 2.30. The fourth-order valence-electron chi connectivity index (χ4n) is 1.31. The van der Waals surface area contributed by atoms with Gasteiger partial charge in [-0.15, -0.1) is 0 Å². The van der Waals surface area contributed by atoms with E-state index in [-0.39, 0.29) is 12.0 Å². The summed E-state index contributed by atoms with van der Waals surface area (Å²) in [4.78, 5) is 22.0. The van der Waals surface area contributed by atoms with Crippen LogP contribution in [0, 0.1) is 5.92 Å². The van der Waals surface area contributed by atoms with Crippen molar-refractivity contribution in [3.05, 3.63) is 0 Å². The molecule has 0 unspecified atom stereocenters. The summed E-state index contributed by atoms with van der Waals surface area (Å²) < 4.78 is 10.2. The van der Waals surface area contributed by atoms with Gasteiger partial charge in [-0.1, -0.05) is 0 Å². The van der Waals surface area contributed by atoms with Crippen LogP contribution in [-0.2, 0) is 14.3 Å². The van der Waals surface area contributed by atoms with Gasteiger partial charge in [-0.2, -0.15) is 0 Å². The number of rotatable bonds is 2. The lowest BCUT2D eigenvalue weighted by Gasteiger charge is -2.22. The molecule has 0 spiro atoms. The lowest BCUT2D eigenvalue weighted by molar-refractivity contribution is -0.111. The van der Waals surface area contributed by atoms with Gasteiger partial charge in [-0.3, -0.25) is 0 Å². The predicted octanol–water partition coefficient (Wildman–Crippen LogP) is 0.725. The molecule has 5 heteroatoms. The molecule has 0 aromatic heterocycles. The van der Waals surface area contributed by atoms with E-state index in [0.717, 1.165) is 6.29 Å². The molecule has 15 heavy (non-hydrogen) atoms. The van der Waals surface area contributed by atoms with Crippen LogP contribution in [0.15, 0.2) is 0 Å². The van der Waals surface area contributed by atoms with E-state index in [0.29, 0.717) is 13.2 Å². The SMILES string of the molecule is CC(C)(C)OC(=O)N[C@@H]1COC[C@H]1C=O. The van der Waals surface area contributed by atoms with Crippen molar-refractivity contribution in [2.75, 3.05) is 13.2 Å². The molecule has 0 aliphatic carbocycles. The zero-order valence-electron chi connectivity index (χ0n) is 9.28. The minimum absolute atomic E-state index is 0.266. The second-order valence-electron chi connectivity index (χ2n) is 4.59. The van der Waals surface area contributed by atoms with E-state index in [9.17, 15) is 9.59 Å². The summed E-state index contributed by atoms with van der Waals surface area (Å²) in [5.74, 6) is -0.266. The van der Waals surface area contributed by atoms with Crippen LogP contribution in [0.4, 0.5) is 4.79 Å². The van der Waals surface area contributed by atoms with Crippen LogP contribution in [0.2, 0.25) is 0 Å². The molecule has 1 heterocycles. The molecule has 1 aliphatic heterocycles. The monoisotopic (exact) mass is 215 g/mol. The molecule has 1 fully saturated rings. The molecule has 0 bridgehead atoms. The minimum Gasteiger partial charge on any atom is -0.444 e. The van der Waals surface area contributed by atoms with Gasteiger partial charge in [0.15, 0.2) is 0 Å². The summed E-state index contributed by atoms with van der Waals surface area (Å²) in [7, 11) is 0. The van der Waals surface area contributed by atoms with Gasteiger partial charge in [0, 0.05) is 0 Å². The third kappa shape index (κ3) is 3.87. The van der Waals surface area contributed by atoms with Crippen molar-refractivity contribution in [2.45, 2.75) is 32.4 Å². The first-order valence-electron chi connectivity index (χ1n) is 4.95. The number of hydrogen-bond donors (Lipinski definition) is 1. The Kier molecular flexibility index (Phi) is 3.68. The number of nitrogens with one attached hydrogen (secondary N) is 1. The topological polar surface area (TPSA) is 64.6 Å². The highest BCUT2D eigenvalue weighted by atomic mass is 16.6. The van der Waals surface area contributed by atoms with Gasteiger partial charge in [0.2, 0.25) is 0 Å². The normalized spacial score (nSPS) is 26.1. The Bertz CT molecular complexity index is 246. The van der Waals surface area contributed by atoms with Gasteiger partial charge in [0.25, 0.3) is 0 Å². The van der Waals surface area contributed by atoms with E-state index in [4.69, 9.17) is 9.47 Å². The Labute approximate surface area is 89.1 Å². The van der Waals surface area contributed by atoms with Crippen molar-refractivity contribution in [3.63, 3.8) is 0 Å². The summed E-state index contributed by atoms with van der Waals surface area (Å²) >= 11 is 0. The average Bonchev–Trinajstić information content (AvgIpc) is 2.48. The van der Waals surface area contributed by atoms with Gasteiger partial charge >= 0.3 is 6.09 Å². The zero-order valence-corrected chi connectivity index (χ0v) is 9.28. The van der Waals surface area contributed by atoms with Crippen LogP contribution < -0.4 is 5.32 Å². The fourth-order valence-corrected chi connectivity index (χ4v) is 1.31. The number of aldehydes is 1. The quantitative estimate of drug-likeness (QED) is 0.689. The van der Waals surface area contributed by atoms with E-state index < -0.39 is 11.7 Å². The number of ether oxygens (including phenoxy) is 2. The van der Waals surface area contributed by atoms with E-state index in [2.05, 4.69) is 5.32 Å². The fraction of sp³-hybridized carbons (Fsp3) is 0.800. The molecule has 0 radical (unpaired) electrons. The average molecular weight is 215 g/mol. The van der Waals surface area contributed by atoms with Gasteiger partial charge in [-0.25, -0.2) is 4.79 Å². The smallest absolute Gasteiger partial charge is 0.407 e. The zero-order chi connectivity index (χ0) is 11.5. The largest absolute Gasteiger partial charge is 0.444 e. The minimum atomic E-state index is -0.528. The standard InChI is InChI=1S/C10H17NO4/c1-10(2,3)15-9(13)11-8-6-14-5-7(8)4-12/h4,7-8H,5-6H2,1-3H3,(H,11,13)/t7-,8-/m1/s1. The molecule has 0 aromatic carbocycles. The lowest BCUT2D eigenvalue weighted by Crippen LogP contribution is -2.43. The van der Waals surface area contributed by atoms with Crippen molar-refractivity contribution in [1.82, 2.24) is 5.32 Å². The Morgan fingerprint density at radius 1 is 1.47 bits per heavy atom. The maximum atomic E-state index is 11.4. The number of hydrogen-bond acceptors (Lipinski definition) is 4. The van der Waals surface area contributed by atoms with E-state index in [1.54, 1.807) is 20.8 Å². The third-order valence-corrected chi connectivity index (χ3v) is 2.00. The maximum absolute atomic E-state index is 11.4. The van der Waals surface area contributed by atoms with E-state index in [1.807, 2.05) is 0 Å². The maximum Gasteiger partial charge on any atom is 0.407 e. The van der Waals surface area contributed by atoms with Crippen molar-refractivity contribution < 1.29 is 19.1 Å². The second kappa shape index (κ2) is 4.61. The number of alkyl carbamates (subject to hydrolysis) is 1. The third-order valence-electron chi connectivity index (χ3n) is 2.00. The van der Waals surface area contributed by atoms with E-state index >= 15 is 0 Å². The number of amides is 1. The molecule has 2 atom stereocenters. The van der Waals surface area contributed by atoms with Crippen LogP contribution >= 0.6 is 0 Å². The summed E-state index contributed by atoms with van der Waals surface area (Å²) in [5.41, 5.74) is -0.528. The molecule has 1 aliphatic rings. The number of carbonyl (C=O) groups excluding carboxylic acids is 2. The summed E-state index contributed by atoms with van der Waals surface area (Å²) in [6.45, 7) is 6.09. The molecule has 1 N–H and O–H groups in total. The molecular formula is C10H17NO4. The lowest BCUT2D eigenvalue weighted by atomic mass is 10.1. The Hall–Kier alpha value is -1.10. The summed E-state index contributed by atoms with van der Waals surface area (Å²) in [5, 5.41) is 2.62. The predicted molar refractivity (Wildman–Crippen MR) is 53.5 cm³/mol. The van der Waals surface area contributed by atoms with Crippen molar-refractivity contribution in [1.29, 1.82) is 0 Å². The van der Waals surface area contributed by atoms with E-state index in [1.165, 1.54) is 0 Å². The molecule has 1 saturated heterocycles. The molecular weight excluding hydrogens is 198 g/mol. The van der Waals surface area contributed by atoms with Crippen LogP contribution in [0.3, 0.4) is 0 Å². The Balaban J connectivity index is 2.41. The molecule has 0 aromatic rings.